The fourth-order valence-corrected chi connectivity index (χ4v) is 1.79. The molecule has 0 amide bonds. The van der Waals surface area contributed by atoms with Crippen molar-refractivity contribution < 1.29 is 9.47 Å². The molecular formula is C13H12INO2. The number of nitrogens with zero attached hydrogens (tertiary/aromatic N) is 1. The van der Waals surface area contributed by atoms with Crippen LogP contribution in [-0.2, 0) is 6.61 Å². The fraction of sp³-hybridized carbons (Fsp3) is 0.154. The molecule has 0 bridgehead atoms. The lowest BCUT2D eigenvalue weighted by Gasteiger charge is -2.09. The molecule has 0 radical (unpaired) electrons. The number of aromatic nitrogens is 1. The molecule has 0 saturated carbocycles. The molecule has 0 aliphatic carbocycles. The molecule has 0 aliphatic rings. The van der Waals surface area contributed by atoms with Gasteiger partial charge in [0.25, 0.3) is 5.88 Å². The van der Waals surface area contributed by atoms with Crippen LogP contribution in [0.5, 0.6) is 11.6 Å². The van der Waals surface area contributed by atoms with Crippen LogP contribution in [0.3, 0.4) is 0 Å². The quantitative estimate of drug-likeness (QED) is 0.632. The van der Waals surface area contributed by atoms with Crippen LogP contribution < -0.4 is 9.47 Å². The molecule has 0 saturated heterocycles. The fourth-order valence-electron chi connectivity index (χ4n) is 1.39. The van der Waals surface area contributed by atoms with E-state index in [2.05, 4.69) is 27.6 Å². The summed E-state index contributed by atoms with van der Waals surface area (Å²) in [5.41, 5.74) is 1.11. The van der Waals surface area contributed by atoms with E-state index in [4.69, 9.17) is 9.47 Å². The largest absolute Gasteiger partial charge is 0.491 e. The van der Waals surface area contributed by atoms with Crippen LogP contribution in [0, 0.1) is 3.70 Å². The summed E-state index contributed by atoms with van der Waals surface area (Å²) in [6, 6.07) is 13.7. The molecule has 0 aliphatic heterocycles. The summed E-state index contributed by atoms with van der Waals surface area (Å²) in [5.74, 6) is 1.18. The van der Waals surface area contributed by atoms with Crippen molar-refractivity contribution in [3.05, 3.63) is 51.7 Å². The first-order chi connectivity index (χ1) is 8.29. The number of pyridine rings is 1. The van der Waals surface area contributed by atoms with Crippen LogP contribution in [0.4, 0.5) is 0 Å². The topological polar surface area (TPSA) is 31.4 Å². The normalized spacial score (nSPS) is 10.0. The molecule has 0 fully saturated rings. The van der Waals surface area contributed by atoms with E-state index in [0.717, 1.165) is 9.26 Å². The van der Waals surface area contributed by atoms with E-state index in [1.165, 1.54) is 0 Å². The summed E-state index contributed by atoms with van der Waals surface area (Å²) in [6.07, 6.45) is 0. The molecule has 2 aromatic rings. The van der Waals surface area contributed by atoms with Crippen LogP contribution in [0.25, 0.3) is 0 Å². The van der Waals surface area contributed by atoms with Crippen LogP contribution in [0.1, 0.15) is 5.56 Å². The van der Waals surface area contributed by atoms with E-state index in [0.29, 0.717) is 18.2 Å². The van der Waals surface area contributed by atoms with Gasteiger partial charge in [0.1, 0.15) is 10.3 Å². The predicted molar refractivity (Wildman–Crippen MR) is 74.3 cm³/mol. The van der Waals surface area contributed by atoms with E-state index in [-0.39, 0.29) is 0 Å². The Morgan fingerprint density at radius 3 is 2.59 bits per heavy atom. The maximum Gasteiger partial charge on any atom is 0.258 e. The Balaban J connectivity index is 2.11. The number of ether oxygens (including phenoxy) is 2. The molecule has 17 heavy (non-hydrogen) atoms. The van der Waals surface area contributed by atoms with Crippen molar-refractivity contribution in [3.8, 4) is 11.6 Å². The van der Waals surface area contributed by atoms with Crippen LogP contribution in [0.15, 0.2) is 42.5 Å². The van der Waals surface area contributed by atoms with Gasteiger partial charge in [-0.15, -0.1) is 0 Å². The second-order valence-electron chi connectivity index (χ2n) is 3.42. The highest BCUT2D eigenvalue weighted by Gasteiger charge is 2.06. The number of halogens is 1. The lowest BCUT2D eigenvalue weighted by molar-refractivity contribution is 0.272. The molecule has 1 heterocycles. The average Bonchev–Trinajstić information content (AvgIpc) is 2.38. The summed E-state index contributed by atoms with van der Waals surface area (Å²) in [5, 5.41) is 0. The van der Waals surface area contributed by atoms with Crippen molar-refractivity contribution in [3.63, 3.8) is 0 Å². The Kier molecular flexibility index (Phi) is 4.19. The van der Waals surface area contributed by atoms with Gasteiger partial charge in [0.15, 0.2) is 5.75 Å². The van der Waals surface area contributed by atoms with E-state index >= 15 is 0 Å². The Labute approximate surface area is 114 Å². The van der Waals surface area contributed by atoms with Gasteiger partial charge in [-0.1, -0.05) is 30.3 Å². The second-order valence-corrected chi connectivity index (χ2v) is 4.52. The van der Waals surface area contributed by atoms with Crippen LogP contribution in [-0.4, -0.2) is 12.1 Å². The van der Waals surface area contributed by atoms with Gasteiger partial charge in [-0.2, -0.15) is 0 Å². The predicted octanol–water partition coefficient (Wildman–Crippen LogP) is 3.27. The molecular weight excluding hydrogens is 329 g/mol. The number of hydrogen-bond donors (Lipinski definition) is 0. The number of benzene rings is 1. The van der Waals surface area contributed by atoms with Crippen molar-refractivity contribution in [2.45, 2.75) is 6.61 Å². The van der Waals surface area contributed by atoms with Gasteiger partial charge >= 0.3 is 0 Å². The van der Waals surface area contributed by atoms with Gasteiger partial charge in [-0.05, 0) is 40.3 Å². The third-order valence-electron chi connectivity index (χ3n) is 2.23. The zero-order valence-corrected chi connectivity index (χ0v) is 11.5. The van der Waals surface area contributed by atoms with Gasteiger partial charge in [-0.3, -0.25) is 0 Å². The Hall–Kier alpha value is -1.30. The Morgan fingerprint density at radius 1 is 1.12 bits per heavy atom. The van der Waals surface area contributed by atoms with Crippen LogP contribution in [0.2, 0.25) is 0 Å². The number of methoxy groups -OCH3 is 1. The first-order valence-corrected chi connectivity index (χ1v) is 6.25. The molecule has 0 N–H and O–H groups in total. The summed E-state index contributed by atoms with van der Waals surface area (Å²) in [7, 11) is 1.61. The first kappa shape index (κ1) is 12.2. The van der Waals surface area contributed by atoms with Gasteiger partial charge in [0, 0.05) is 0 Å². The minimum atomic E-state index is 0.490. The average molecular weight is 341 g/mol. The van der Waals surface area contributed by atoms with Crippen molar-refractivity contribution in [2.75, 3.05) is 7.11 Å². The van der Waals surface area contributed by atoms with Gasteiger partial charge in [0.05, 0.1) is 7.11 Å². The molecule has 88 valence electrons. The molecule has 1 aromatic carbocycles. The van der Waals surface area contributed by atoms with E-state index in [9.17, 15) is 0 Å². The van der Waals surface area contributed by atoms with Crippen molar-refractivity contribution >= 4 is 22.6 Å². The van der Waals surface area contributed by atoms with Crippen molar-refractivity contribution in [2.24, 2.45) is 0 Å². The highest BCUT2D eigenvalue weighted by molar-refractivity contribution is 14.1. The third kappa shape index (κ3) is 3.33. The van der Waals surface area contributed by atoms with Crippen molar-refractivity contribution in [1.29, 1.82) is 0 Å². The lowest BCUT2D eigenvalue weighted by atomic mass is 10.2. The lowest BCUT2D eigenvalue weighted by Crippen LogP contribution is -2.00. The molecule has 0 spiro atoms. The zero-order valence-electron chi connectivity index (χ0n) is 9.39. The molecule has 0 atom stereocenters. The zero-order chi connectivity index (χ0) is 12.1. The highest BCUT2D eigenvalue weighted by Crippen LogP contribution is 2.25. The molecule has 1 aromatic heterocycles. The molecule has 4 heteroatoms. The summed E-state index contributed by atoms with van der Waals surface area (Å²) >= 11 is 2.15. The van der Waals surface area contributed by atoms with Gasteiger partial charge < -0.3 is 9.47 Å². The molecule has 2 rings (SSSR count). The Bertz CT molecular complexity index is 488. The first-order valence-electron chi connectivity index (χ1n) is 5.17. The second kappa shape index (κ2) is 5.86. The van der Waals surface area contributed by atoms with Gasteiger partial charge in [0.2, 0.25) is 0 Å². The minimum absolute atomic E-state index is 0.490. The Morgan fingerprint density at radius 2 is 1.88 bits per heavy atom. The maximum absolute atomic E-state index is 5.65. The molecule has 0 unspecified atom stereocenters. The highest BCUT2D eigenvalue weighted by atomic mass is 127. The monoisotopic (exact) mass is 341 g/mol. The van der Waals surface area contributed by atoms with Gasteiger partial charge in [-0.25, -0.2) is 4.98 Å². The summed E-state index contributed by atoms with van der Waals surface area (Å²) < 4.78 is 11.7. The summed E-state index contributed by atoms with van der Waals surface area (Å²) in [4.78, 5) is 4.30. The number of rotatable bonds is 4. The third-order valence-corrected chi connectivity index (χ3v) is 2.83. The van der Waals surface area contributed by atoms with Crippen molar-refractivity contribution in [1.82, 2.24) is 4.98 Å². The minimum Gasteiger partial charge on any atom is -0.491 e. The molecule has 3 nitrogen and oxygen atoms in total. The SMILES string of the molecule is COc1ccc(I)nc1OCc1ccccc1. The number of hydrogen-bond acceptors (Lipinski definition) is 3. The standard InChI is InChI=1S/C13H12INO2/c1-16-11-7-8-12(14)15-13(11)17-9-10-5-3-2-4-6-10/h2-8H,9H2,1H3. The van der Waals surface area contributed by atoms with E-state index in [1.807, 2.05) is 42.5 Å². The van der Waals surface area contributed by atoms with E-state index in [1.54, 1.807) is 7.11 Å². The van der Waals surface area contributed by atoms with Crippen LogP contribution >= 0.6 is 22.6 Å². The van der Waals surface area contributed by atoms with E-state index < -0.39 is 0 Å². The summed E-state index contributed by atoms with van der Waals surface area (Å²) in [6.45, 7) is 0.490. The smallest absolute Gasteiger partial charge is 0.258 e. The maximum atomic E-state index is 5.65.